The van der Waals surface area contributed by atoms with Crippen molar-refractivity contribution in [2.24, 2.45) is 0 Å². The van der Waals surface area contributed by atoms with Crippen molar-refractivity contribution in [1.82, 2.24) is 4.90 Å². The van der Waals surface area contributed by atoms with Crippen LogP contribution in [0.5, 0.6) is 0 Å². The predicted octanol–water partition coefficient (Wildman–Crippen LogP) is 3.26. The summed E-state index contributed by atoms with van der Waals surface area (Å²) in [6.07, 6.45) is 0.752. The Morgan fingerprint density at radius 3 is 2.57 bits per heavy atom. The number of nitrogens with zero attached hydrogens (tertiary/aromatic N) is 1. The standard InChI is InChI=1S/C21H22FN3O3/c1-13(26)23-16-7-8-18(22)19(11-16)24-21(28)12-20-17-6-4-3-5-15(17)9-10-25(20)14(2)27/h3-8,11,20H,9-10,12H2,1-2H3,(H,23,26)(H,24,28). The average molecular weight is 383 g/mol. The van der Waals surface area contributed by atoms with Crippen LogP contribution in [-0.4, -0.2) is 29.2 Å². The molecule has 28 heavy (non-hydrogen) atoms. The molecule has 1 atom stereocenters. The second-order valence-electron chi connectivity index (χ2n) is 6.81. The number of carbonyl (C=O) groups is 3. The lowest BCUT2D eigenvalue weighted by atomic mass is 9.90. The monoisotopic (exact) mass is 383 g/mol. The zero-order valence-corrected chi connectivity index (χ0v) is 15.8. The molecule has 0 bridgehead atoms. The van der Waals surface area contributed by atoms with Gasteiger partial charge in [-0.3, -0.25) is 14.4 Å². The van der Waals surface area contributed by atoms with Gasteiger partial charge in [-0.2, -0.15) is 0 Å². The molecule has 0 radical (unpaired) electrons. The SMILES string of the molecule is CC(=O)Nc1ccc(F)c(NC(=O)CC2c3ccccc3CCN2C(C)=O)c1. The fourth-order valence-electron chi connectivity index (χ4n) is 3.53. The van der Waals surface area contributed by atoms with E-state index in [2.05, 4.69) is 10.6 Å². The smallest absolute Gasteiger partial charge is 0.226 e. The number of rotatable bonds is 4. The van der Waals surface area contributed by atoms with Crippen molar-refractivity contribution >= 4 is 29.1 Å². The minimum Gasteiger partial charge on any atom is -0.335 e. The topological polar surface area (TPSA) is 78.5 Å². The van der Waals surface area contributed by atoms with Crippen molar-refractivity contribution < 1.29 is 18.8 Å². The summed E-state index contributed by atoms with van der Waals surface area (Å²) in [4.78, 5) is 37.5. The van der Waals surface area contributed by atoms with E-state index < -0.39 is 17.8 Å². The molecule has 3 amide bonds. The number of nitrogens with one attached hydrogen (secondary N) is 2. The third-order valence-electron chi connectivity index (χ3n) is 4.76. The van der Waals surface area contributed by atoms with Gasteiger partial charge < -0.3 is 15.5 Å². The molecule has 1 unspecified atom stereocenters. The summed E-state index contributed by atoms with van der Waals surface area (Å²) in [6, 6.07) is 11.3. The van der Waals surface area contributed by atoms with Gasteiger partial charge in [0.2, 0.25) is 17.7 Å². The van der Waals surface area contributed by atoms with Crippen LogP contribution in [0.15, 0.2) is 42.5 Å². The largest absolute Gasteiger partial charge is 0.335 e. The maximum absolute atomic E-state index is 14.1. The number of benzene rings is 2. The highest BCUT2D eigenvalue weighted by Crippen LogP contribution is 2.32. The molecule has 0 saturated heterocycles. The first-order valence-electron chi connectivity index (χ1n) is 9.07. The van der Waals surface area contributed by atoms with Crippen molar-refractivity contribution in [1.29, 1.82) is 0 Å². The summed E-state index contributed by atoms with van der Waals surface area (Å²) in [7, 11) is 0. The molecule has 1 heterocycles. The lowest BCUT2D eigenvalue weighted by Crippen LogP contribution is -2.40. The highest BCUT2D eigenvalue weighted by molar-refractivity contribution is 5.94. The summed E-state index contributed by atoms with van der Waals surface area (Å²) < 4.78 is 14.1. The first-order chi connectivity index (χ1) is 13.3. The highest BCUT2D eigenvalue weighted by Gasteiger charge is 2.30. The fraction of sp³-hybridized carbons (Fsp3) is 0.286. The number of halogens is 1. The Morgan fingerprint density at radius 2 is 1.86 bits per heavy atom. The second-order valence-corrected chi connectivity index (χ2v) is 6.81. The molecular formula is C21H22FN3O3. The fourth-order valence-corrected chi connectivity index (χ4v) is 3.53. The minimum atomic E-state index is -0.602. The number of hydrogen-bond donors (Lipinski definition) is 2. The number of fused-ring (bicyclic) bond motifs is 1. The first kappa shape index (κ1) is 19.5. The van der Waals surface area contributed by atoms with Crippen molar-refractivity contribution in [3.05, 3.63) is 59.4 Å². The van der Waals surface area contributed by atoms with Gasteiger partial charge >= 0.3 is 0 Å². The molecule has 0 aliphatic carbocycles. The molecule has 2 N–H and O–H groups in total. The quantitative estimate of drug-likeness (QED) is 0.851. The van der Waals surface area contributed by atoms with Crippen LogP contribution in [0.4, 0.5) is 15.8 Å². The molecule has 7 heteroatoms. The predicted molar refractivity (Wildman–Crippen MR) is 104 cm³/mol. The Balaban J connectivity index is 1.80. The van der Waals surface area contributed by atoms with Crippen LogP contribution in [-0.2, 0) is 20.8 Å². The van der Waals surface area contributed by atoms with Crippen LogP contribution >= 0.6 is 0 Å². The normalized spacial score (nSPS) is 15.5. The Morgan fingerprint density at radius 1 is 1.11 bits per heavy atom. The Labute approximate surface area is 162 Å². The van der Waals surface area contributed by atoms with E-state index in [0.717, 1.165) is 17.5 Å². The summed E-state index contributed by atoms with van der Waals surface area (Å²) in [5.41, 5.74) is 2.41. The van der Waals surface area contributed by atoms with Gasteiger partial charge in [-0.15, -0.1) is 0 Å². The number of anilines is 2. The average Bonchev–Trinajstić information content (AvgIpc) is 2.64. The van der Waals surface area contributed by atoms with E-state index in [4.69, 9.17) is 0 Å². The van der Waals surface area contributed by atoms with Gasteiger partial charge in [0.25, 0.3) is 0 Å². The lowest BCUT2D eigenvalue weighted by Gasteiger charge is -2.36. The van der Waals surface area contributed by atoms with Crippen LogP contribution in [0.25, 0.3) is 0 Å². The maximum Gasteiger partial charge on any atom is 0.226 e. The van der Waals surface area contributed by atoms with E-state index in [9.17, 15) is 18.8 Å². The zero-order valence-electron chi connectivity index (χ0n) is 15.8. The molecule has 6 nitrogen and oxygen atoms in total. The molecule has 0 saturated carbocycles. The first-order valence-corrected chi connectivity index (χ1v) is 9.07. The van der Waals surface area contributed by atoms with Crippen molar-refractivity contribution in [2.45, 2.75) is 32.7 Å². The summed E-state index contributed by atoms with van der Waals surface area (Å²) in [5.74, 6) is -1.41. The Kier molecular flexibility index (Phi) is 5.73. The third-order valence-corrected chi connectivity index (χ3v) is 4.76. The molecular weight excluding hydrogens is 361 g/mol. The van der Waals surface area contributed by atoms with Crippen molar-refractivity contribution in [3.8, 4) is 0 Å². The lowest BCUT2D eigenvalue weighted by molar-refractivity contribution is -0.132. The van der Waals surface area contributed by atoms with Gasteiger partial charge in [-0.25, -0.2) is 4.39 Å². The molecule has 0 fully saturated rings. The molecule has 1 aliphatic heterocycles. The van der Waals surface area contributed by atoms with Crippen molar-refractivity contribution in [2.75, 3.05) is 17.2 Å². The molecule has 146 valence electrons. The Hall–Kier alpha value is -3.22. The van der Waals surface area contributed by atoms with E-state index in [0.29, 0.717) is 12.2 Å². The van der Waals surface area contributed by atoms with Gasteiger partial charge in [0.1, 0.15) is 5.82 Å². The molecule has 3 rings (SSSR count). The van der Waals surface area contributed by atoms with Crippen LogP contribution in [0.2, 0.25) is 0 Å². The van der Waals surface area contributed by atoms with Gasteiger partial charge in [-0.1, -0.05) is 24.3 Å². The maximum atomic E-state index is 14.1. The van der Waals surface area contributed by atoms with Gasteiger partial charge in [0.05, 0.1) is 18.2 Å². The van der Waals surface area contributed by atoms with Crippen LogP contribution < -0.4 is 10.6 Å². The van der Waals surface area contributed by atoms with Gasteiger partial charge in [0, 0.05) is 26.1 Å². The van der Waals surface area contributed by atoms with Crippen molar-refractivity contribution in [3.63, 3.8) is 0 Å². The minimum absolute atomic E-state index is 0.0143. The van der Waals surface area contributed by atoms with Gasteiger partial charge in [-0.05, 0) is 35.7 Å². The van der Waals surface area contributed by atoms with E-state index >= 15 is 0 Å². The highest BCUT2D eigenvalue weighted by atomic mass is 19.1. The van der Waals surface area contributed by atoms with E-state index in [1.807, 2.05) is 24.3 Å². The van der Waals surface area contributed by atoms with E-state index in [1.54, 1.807) is 4.90 Å². The van der Waals surface area contributed by atoms with Crippen LogP contribution in [0.1, 0.15) is 37.4 Å². The Bertz CT molecular complexity index is 929. The van der Waals surface area contributed by atoms with Crippen LogP contribution in [0, 0.1) is 5.82 Å². The molecule has 2 aromatic rings. The molecule has 0 aromatic heterocycles. The van der Waals surface area contributed by atoms with Gasteiger partial charge in [0.15, 0.2) is 0 Å². The molecule has 2 aromatic carbocycles. The summed E-state index contributed by atoms with van der Waals surface area (Å²) >= 11 is 0. The number of amides is 3. The summed E-state index contributed by atoms with van der Waals surface area (Å²) in [6.45, 7) is 3.37. The third kappa shape index (κ3) is 4.36. The number of hydrogen-bond acceptors (Lipinski definition) is 3. The van der Waals surface area contributed by atoms with E-state index in [1.165, 1.54) is 32.0 Å². The summed E-state index contributed by atoms with van der Waals surface area (Å²) in [5, 5.41) is 5.11. The second kappa shape index (κ2) is 8.21. The molecule has 1 aliphatic rings. The van der Waals surface area contributed by atoms with E-state index in [-0.39, 0.29) is 23.9 Å². The zero-order chi connectivity index (χ0) is 20.3. The number of carbonyl (C=O) groups excluding carboxylic acids is 3. The molecule has 0 spiro atoms. The van der Waals surface area contributed by atoms with Crippen LogP contribution in [0.3, 0.4) is 0 Å².